The summed E-state index contributed by atoms with van der Waals surface area (Å²) in [5.41, 5.74) is 2.51. The van der Waals surface area contributed by atoms with Crippen LogP contribution in [0.5, 0.6) is 0 Å². The van der Waals surface area contributed by atoms with Crippen LogP contribution in [-0.4, -0.2) is 48.9 Å². The average molecular weight is 492 g/mol. The molecule has 0 unspecified atom stereocenters. The quantitative estimate of drug-likeness (QED) is 0.518. The lowest BCUT2D eigenvalue weighted by Crippen LogP contribution is -2.53. The zero-order valence-corrected chi connectivity index (χ0v) is 20.8. The highest BCUT2D eigenvalue weighted by molar-refractivity contribution is 5.85. The Morgan fingerprint density at radius 2 is 1.60 bits per heavy atom. The Kier molecular flexibility index (Phi) is 8.42. The van der Waals surface area contributed by atoms with Gasteiger partial charge in [0.1, 0.15) is 0 Å². The van der Waals surface area contributed by atoms with Gasteiger partial charge in [-0.1, -0.05) is 72.8 Å². The molecule has 5 rings (SSSR count). The number of benzene rings is 3. The molecule has 35 heavy (non-hydrogen) atoms. The Morgan fingerprint density at radius 3 is 2.29 bits per heavy atom. The van der Waals surface area contributed by atoms with Gasteiger partial charge in [0.15, 0.2) is 0 Å². The standard InChI is InChI=1S/C29H33N3O2.ClH/c33-28(32-14-12-24(13-15-32)22-6-2-1-3-7-22)18-27(31-29(34)26-19-30-20-26)17-21-10-11-23-8-4-5-9-25(23)16-21;/h1-11,16,24,26-27,30H,12-15,17-20H2,(H,31,34);1H/t27-;/m0./s1. The van der Waals surface area contributed by atoms with E-state index in [1.807, 2.05) is 23.1 Å². The molecule has 0 spiro atoms. The second-order valence-corrected chi connectivity index (χ2v) is 9.72. The van der Waals surface area contributed by atoms with Crippen LogP contribution in [0.1, 0.15) is 36.3 Å². The smallest absolute Gasteiger partial charge is 0.225 e. The van der Waals surface area contributed by atoms with Crippen molar-refractivity contribution in [1.82, 2.24) is 15.5 Å². The first-order chi connectivity index (χ1) is 16.7. The molecule has 2 aliphatic rings. The maximum Gasteiger partial charge on any atom is 0.225 e. The van der Waals surface area contributed by atoms with Gasteiger partial charge < -0.3 is 15.5 Å². The fraction of sp³-hybridized carbons (Fsp3) is 0.379. The van der Waals surface area contributed by atoms with Crippen LogP contribution in [0.15, 0.2) is 72.8 Å². The number of carbonyl (C=O) groups is 2. The summed E-state index contributed by atoms with van der Waals surface area (Å²) in [5, 5.41) is 8.73. The van der Waals surface area contributed by atoms with Crippen molar-refractivity contribution in [2.75, 3.05) is 26.2 Å². The van der Waals surface area contributed by atoms with Crippen LogP contribution in [0, 0.1) is 5.92 Å². The number of fused-ring (bicyclic) bond motifs is 1. The van der Waals surface area contributed by atoms with E-state index in [-0.39, 0.29) is 36.2 Å². The Labute approximate surface area is 213 Å². The Morgan fingerprint density at radius 1 is 0.914 bits per heavy atom. The topological polar surface area (TPSA) is 61.4 Å². The number of halogens is 1. The van der Waals surface area contributed by atoms with E-state index in [4.69, 9.17) is 0 Å². The number of nitrogens with zero attached hydrogens (tertiary/aromatic N) is 1. The third-order valence-corrected chi connectivity index (χ3v) is 7.33. The van der Waals surface area contributed by atoms with Gasteiger partial charge in [-0.25, -0.2) is 0 Å². The summed E-state index contributed by atoms with van der Waals surface area (Å²) in [6.45, 7) is 2.99. The molecule has 2 heterocycles. The van der Waals surface area contributed by atoms with Gasteiger partial charge >= 0.3 is 0 Å². The molecule has 6 heteroatoms. The van der Waals surface area contributed by atoms with Crippen LogP contribution in [0.3, 0.4) is 0 Å². The summed E-state index contributed by atoms with van der Waals surface area (Å²) < 4.78 is 0. The molecule has 2 saturated heterocycles. The van der Waals surface area contributed by atoms with Crippen LogP contribution >= 0.6 is 12.4 Å². The number of piperidine rings is 1. The normalized spacial score (nSPS) is 17.3. The number of hydrogen-bond donors (Lipinski definition) is 2. The van der Waals surface area contributed by atoms with E-state index in [1.54, 1.807) is 0 Å². The lowest BCUT2D eigenvalue weighted by Gasteiger charge is -2.34. The minimum atomic E-state index is -0.200. The molecule has 1 atom stereocenters. The molecule has 0 aromatic heterocycles. The molecule has 2 amide bonds. The van der Waals surface area contributed by atoms with Crippen molar-refractivity contribution in [2.24, 2.45) is 5.92 Å². The number of carbonyl (C=O) groups excluding carboxylic acids is 2. The molecule has 0 radical (unpaired) electrons. The fourth-order valence-electron chi connectivity index (χ4n) is 5.14. The predicted molar refractivity (Wildman–Crippen MR) is 143 cm³/mol. The number of likely N-dealkylation sites (tertiary alicyclic amines) is 1. The zero-order chi connectivity index (χ0) is 23.3. The molecule has 2 aliphatic heterocycles. The number of rotatable bonds is 7. The van der Waals surface area contributed by atoms with Crippen molar-refractivity contribution in [3.05, 3.63) is 83.9 Å². The second kappa shape index (κ2) is 11.7. The first-order valence-corrected chi connectivity index (χ1v) is 12.5. The lowest BCUT2D eigenvalue weighted by molar-refractivity contribution is -0.133. The highest BCUT2D eigenvalue weighted by Gasteiger charge is 2.29. The molecule has 0 saturated carbocycles. The molecule has 2 fully saturated rings. The molecule has 3 aromatic rings. The van der Waals surface area contributed by atoms with Gasteiger partial charge in [0, 0.05) is 38.6 Å². The van der Waals surface area contributed by atoms with E-state index in [2.05, 4.69) is 65.2 Å². The molecule has 3 aromatic carbocycles. The summed E-state index contributed by atoms with van der Waals surface area (Å²) >= 11 is 0. The zero-order valence-electron chi connectivity index (χ0n) is 20.0. The summed E-state index contributed by atoms with van der Waals surface area (Å²) in [7, 11) is 0. The van der Waals surface area contributed by atoms with Gasteiger partial charge in [-0.15, -0.1) is 12.4 Å². The van der Waals surface area contributed by atoms with Crippen LogP contribution in [-0.2, 0) is 16.0 Å². The van der Waals surface area contributed by atoms with Crippen molar-refractivity contribution in [3.8, 4) is 0 Å². The number of hydrogen-bond acceptors (Lipinski definition) is 3. The van der Waals surface area contributed by atoms with Crippen LogP contribution in [0.4, 0.5) is 0 Å². The van der Waals surface area contributed by atoms with E-state index in [0.717, 1.165) is 44.6 Å². The van der Waals surface area contributed by atoms with Crippen molar-refractivity contribution in [1.29, 1.82) is 0 Å². The van der Waals surface area contributed by atoms with Crippen LogP contribution in [0.2, 0.25) is 0 Å². The van der Waals surface area contributed by atoms with Crippen molar-refractivity contribution < 1.29 is 9.59 Å². The van der Waals surface area contributed by atoms with E-state index in [9.17, 15) is 9.59 Å². The number of nitrogens with one attached hydrogen (secondary N) is 2. The molecular formula is C29H34ClN3O2. The van der Waals surface area contributed by atoms with E-state index >= 15 is 0 Å². The largest absolute Gasteiger partial charge is 0.352 e. The summed E-state index contributed by atoms with van der Waals surface area (Å²) in [5.74, 6) is 0.727. The van der Waals surface area contributed by atoms with Gasteiger partial charge in [-0.3, -0.25) is 9.59 Å². The van der Waals surface area contributed by atoms with Crippen LogP contribution in [0.25, 0.3) is 10.8 Å². The minimum absolute atomic E-state index is 0. The van der Waals surface area contributed by atoms with Gasteiger partial charge in [0.25, 0.3) is 0 Å². The first-order valence-electron chi connectivity index (χ1n) is 12.5. The first kappa shape index (κ1) is 25.2. The predicted octanol–water partition coefficient (Wildman–Crippen LogP) is 4.30. The van der Waals surface area contributed by atoms with Gasteiger partial charge in [-0.05, 0) is 47.1 Å². The van der Waals surface area contributed by atoms with Gasteiger partial charge in [-0.2, -0.15) is 0 Å². The summed E-state index contributed by atoms with van der Waals surface area (Å²) in [6, 6.07) is 25.1. The maximum atomic E-state index is 13.3. The summed E-state index contributed by atoms with van der Waals surface area (Å²) in [4.78, 5) is 28.0. The average Bonchev–Trinajstić information content (AvgIpc) is 2.83. The van der Waals surface area contributed by atoms with Crippen LogP contribution < -0.4 is 10.6 Å². The molecule has 0 aliphatic carbocycles. The third-order valence-electron chi connectivity index (χ3n) is 7.33. The monoisotopic (exact) mass is 491 g/mol. The van der Waals surface area contributed by atoms with Crippen molar-refractivity contribution >= 4 is 35.0 Å². The number of amides is 2. The lowest BCUT2D eigenvalue weighted by atomic mass is 9.89. The Hall–Kier alpha value is -2.89. The highest BCUT2D eigenvalue weighted by Crippen LogP contribution is 2.28. The third kappa shape index (κ3) is 6.22. The molecule has 2 N–H and O–H groups in total. The van der Waals surface area contributed by atoms with Crippen molar-refractivity contribution in [2.45, 2.75) is 37.6 Å². The fourth-order valence-corrected chi connectivity index (χ4v) is 5.14. The van der Waals surface area contributed by atoms with Gasteiger partial charge in [0.05, 0.1) is 5.92 Å². The van der Waals surface area contributed by atoms with E-state index in [0.29, 0.717) is 18.8 Å². The SMILES string of the molecule is Cl.O=C(N[C@H](CC(=O)N1CCC(c2ccccc2)CC1)Cc1ccc2ccccc2c1)C1CNC1. The molecule has 0 bridgehead atoms. The van der Waals surface area contributed by atoms with Gasteiger partial charge in [0.2, 0.25) is 11.8 Å². The Balaban J connectivity index is 0.00000289. The second-order valence-electron chi connectivity index (χ2n) is 9.72. The Bertz CT molecular complexity index is 1140. The highest BCUT2D eigenvalue weighted by atomic mass is 35.5. The van der Waals surface area contributed by atoms with E-state index in [1.165, 1.54) is 16.3 Å². The molecular weight excluding hydrogens is 458 g/mol. The summed E-state index contributed by atoms with van der Waals surface area (Å²) in [6.07, 6.45) is 2.98. The maximum absolute atomic E-state index is 13.3. The minimum Gasteiger partial charge on any atom is -0.352 e. The van der Waals surface area contributed by atoms with Crippen molar-refractivity contribution in [3.63, 3.8) is 0 Å². The van der Waals surface area contributed by atoms with E-state index < -0.39 is 0 Å². The molecule has 5 nitrogen and oxygen atoms in total. The molecule has 184 valence electrons.